The van der Waals surface area contributed by atoms with Crippen LogP contribution in [0.3, 0.4) is 0 Å². The molecule has 5 heteroatoms. The van der Waals surface area contributed by atoms with Crippen molar-refractivity contribution in [1.29, 1.82) is 0 Å². The van der Waals surface area contributed by atoms with E-state index in [0.29, 0.717) is 30.2 Å². The SMILES string of the molecule is COC(=O)c1ccc(N)cc1OCCOC(C)(C)C. The lowest BCUT2D eigenvalue weighted by Gasteiger charge is -2.19. The molecule has 0 atom stereocenters. The Balaban J connectivity index is 2.66. The summed E-state index contributed by atoms with van der Waals surface area (Å²) in [4.78, 5) is 11.6. The van der Waals surface area contributed by atoms with Crippen LogP contribution in [-0.4, -0.2) is 31.9 Å². The molecule has 0 aliphatic rings. The van der Waals surface area contributed by atoms with E-state index in [9.17, 15) is 4.79 Å². The van der Waals surface area contributed by atoms with Gasteiger partial charge in [-0.05, 0) is 32.9 Å². The second kappa shape index (κ2) is 6.43. The van der Waals surface area contributed by atoms with Crippen molar-refractivity contribution in [1.82, 2.24) is 0 Å². The molecule has 0 fully saturated rings. The zero-order valence-electron chi connectivity index (χ0n) is 11.9. The molecule has 1 aromatic carbocycles. The molecule has 1 aromatic rings. The summed E-state index contributed by atoms with van der Waals surface area (Å²) < 4.78 is 15.8. The molecule has 0 bridgehead atoms. The molecule has 0 radical (unpaired) electrons. The van der Waals surface area contributed by atoms with E-state index in [1.807, 2.05) is 20.8 Å². The topological polar surface area (TPSA) is 70.8 Å². The van der Waals surface area contributed by atoms with Crippen molar-refractivity contribution in [2.45, 2.75) is 26.4 Å². The highest BCUT2D eigenvalue weighted by Crippen LogP contribution is 2.22. The van der Waals surface area contributed by atoms with Gasteiger partial charge >= 0.3 is 5.97 Å². The van der Waals surface area contributed by atoms with Crippen LogP contribution in [0.4, 0.5) is 5.69 Å². The lowest BCUT2D eigenvalue weighted by atomic mass is 10.2. The van der Waals surface area contributed by atoms with Crippen LogP contribution in [-0.2, 0) is 9.47 Å². The smallest absolute Gasteiger partial charge is 0.341 e. The Labute approximate surface area is 113 Å². The maximum absolute atomic E-state index is 11.6. The van der Waals surface area contributed by atoms with Crippen LogP contribution >= 0.6 is 0 Å². The quantitative estimate of drug-likeness (QED) is 0.503. The monoisotopic (exact) mass is 267 g/mol. The molecule has 0 unspecified atom stereocenters. The molecule has 106 valence electrons. The van der Waals surface area contributed by atoms with Gasteiger partial charge in [0.25, 0.3) is 0 Å². The number of carbonyl (C=O) groups is 1. The molecular formula is C14H21NO4. The van der Waals surface area contributed by atoms with Crippen molar-refractivity contribution in [3.8, 4) is 5.75 Å². The minimum absolute atomic E-state index is 0.218. The summed E-state index contributed by atoms with van der Waals surface area (Å²) in [5.74, 6) is -0.0453. The van der Waals surface area contributed by atoms with E-state index in [4.69, 9.17) is 15.2 Å². The van der Waals surface area contributed by atoms with Gasteiger partial charge in [0.2, 0.25) is 0 Å². The van der Waals surface area contributed by atoms with Crippen molar-refractivity contribution >= 4 is 11.7 Å². The van der Waals surface area contributed by atoms with Crippen LogP contribution in [0.1, 0.15) is 31.1 Å². The zero-order chi connectivity index (χ0) is 14.5. The zero-order valence-corrected chi connectivity index (χ0v) is 11.9. The van der Waals surface area contributed by atoms with Crippen LogP contribution in [0.25, 0.3) is 0 Å². The summed E-state index contributed by atoms with van der Waals surface area (Å²) in [7, 11) is 1.32. The van der Waals surface area contributed by atoms with Crippen LogP contribution in [0, 0.1) is 0 Å². The molecule has 0 aliphatic heterocycles. The minimum atomic E-state index is -0.452. The number of hydrogen-bond donors (Lipinski definition) is 1. The molecule has 0 spiro atoms. The molecule has 1 rings (SSSR count). The summed E-state index contributed by atoms with van der Waals surface area (Å²) in [5, 5.41) is 0. The number of nitrogens with two attached hydrogens (primary N) is 1. The average molecular weight is 267 g/mol. The summed E-state index contributed by atoms with van der Waals surface area (Å²) in [6, 6.07) is 4.81. The van der Waals surface area contributed by atoms with Crippen molar-refractivity contribution in [3.05, 3.63) is 23.8 Å². The van der Waals surface area contributed by atoms with E-state index in [-0.39, 0.29) is 5.60 Å². The highest BCUT2D eigenvalue weighted by Gasteiger charge is 2.14. The van der Waals surface area contributed by atoms with E-state index in [1.54, 1.807) is 18.2 Å². The fourth-order valence-corrected chi connectivity index (χ4v) is 1.44. The fourth-order valence-electron chi connectivity index (χ4n) is 1.44. The van der Waals surface area contributed by atoms with Crippen molar-refractivity contribution in [2.75, 3.05) is 26.1 Å². The summed E-state index contributed by atoms with van der Waals surface area (Å²) in [5.41, 5.74) is 6.34. The van der Waals surface area contributed by atoms with Crippen molar-refractivity contribution < 1.29 is 19.0 Å². The number of anilines is 1. The van der Waals surface area contributed by atoms with E-state index in [0.717, 1.165) is 0 Å². The predicted molar refractivity (Wildman–Crippen MR) is 73.4 cm³/mol. The number of methoxy groups -OCH3 is 1. The van der Waals surface area contributed by atoms with E-state index in [2.05, 4.69) is 4.74 Å². The molecule has 0 saturated carbocycles. The summed E-state index contributed by atoms with van der Waals surface area (Å²) in [6.45, 7) is 6.66. The first-order valence-corrected chi connectivity index (χ1v) is 6.08. The average Bonchev–Trinajstić information content (AvgIpc) is 2.33. The molecule has 0 heterocycles. The van der Waals surface area contributed by atoms with Gasteiger partial charge in [-0.15, -0.1) is 0 Å². The first kappa shape index (κ1) is 15.3. The number of ether oxygens (including phenoxy) is 3. The van der Waals surface area contributed by atoms with Crippen LogP contribution in [0.15, 0.2) is 18.2 Å². The molecule has 0 amide bonds. The first-order chi connectivity index (χ1) is 8.83. The van der Waals surface area contributed by atoms with E-state index < -0.39 is 5.97 Å². The van der Waals surface area contributed by atoms with Crippen molar-refractivity contribution in [3.63, 3.8) is 0 Å². The van der Waals surface area contributed by atoms with Crippen molar-refractivity contribution in [2.24, 2.45) is 0 Å². The third-order valence-corrected chi connectivity index (χ3v) is 2.29. The van der Waals surface area contributed by atoms with E-state index in [1.165, 1.54) is 7.11 Å². The molecular weight excluding hydrogens is 246 g/mol. The van der Waals surface area contributed by atoms with Gasteiger partial charge in [-0.2, -0.15) is 0 Å². The fraction of sp³-hybridized carbons (Fsp3) is 0.500. The highest BCUT2D eigenvalue weighted by molar-refractivity contribution is 5.93. The number of carbonyl (C=O) groups excluding carboxylic acids is 1. The normalized spacial score (nSPS) is 11.2. The Hall–Kier alpha value is -1.75. The third kappa shape index (κ3) is 5.18. The molecule has 5 nitrogen and oxygen atoms in total. The maximum atomic E-state index is 11.6. The third-order valence-electron chi connectivity index (χ3n) is 2.29. The number of esters is 1. The number of benzene rings is 1. The Kier molecular flexibility index (Phi) is 5.18. The Bertz CT molecular complexity index is 438. The summed E-state index contributed by atoms with van der Waals surface area (Å²) in [6.07, 6.45) is 0. The molecule has 0 aliphatic carbocycles. The van der Waals surface area contributed by atoms with Gasteiger partial charge in [-0.1, -0.05) is 0 Å². The number of rotatable bonds is 5. The lowest BCUT2D eigenvalue weighted by molar-refractivity contribution is -0.0164. The highest BCUT2D eigenvalue weighted by atomic mass is 16.5. The second-order valence-corrected chi connectivity index (χ2v) is 5.06. The van der Waals surface area contributed by atoms with Crippen LogP contribution in [0.2, 0.25) is 0 Å². The Morgan fingerprint density at radius 2 is 1.95 bits per heavy atom. The molecule has 2 N–H and O–H groups in total. The van der Waals surface area contributed by atoms with Crippen LogP contribution in [0.5, 0.6) is 5.75 Å². The molecule has 0 saturated heterocycles. The number of hydrogen-bond acceptors (Lipinski definition) is 5. The molecule has 0 aromatic heterocycles. The predicted octanol–water partition coefficient (Wildman–Crippen LogP) is 2.25. The van der Waals surface area contributed by atoms with Gasteiger partial charge in [0.05, 0.1) is 19.3 Å². The maximum Gasteiger partial charge on any atom is 0.341 e. The Morgan fingerprint density at radius 1 is 1.26 bits per heavy atom. The minimum Gasteiger partial charge on any atom is -0.490 e. The van der Waals surface area contributed by atoms with Gasteiger partial charge in [0.15, 0.2) is 0 Å². The van der Waals surface area contributed by atoms with Crippen LogP contribution < -0.4 is 10.5 Å². The second-order valence-electron chi connectivity index (χ2n) is 5.06. The Morgan fingerprint density at radius 3 is 2.53 bits per heavy atom. The van der Waals surface area contributed by atoms with Gasteiger partial charge in [-0.25, -0.2) is 4.79 Å². The number of nitrogen functional groups attached to an aromatic ring is 1. The lowest BCUT2D eigenvalue weighted by Crippen LogP contribution is -2.22. The summed E-state index contributed by atoms with van der Waals surface area (Å²) >= 11 is 0. The van der Waals surface area contributed by atoms with Gasteiger partial charge in [-0.3, -0.25) is 0 Å². The van der Waals surface area contributed by atoms with Gasteiger partial charge in [0.1, 0.15) is 17.9 Å². The molecule has 19 heavy (non-hydrogen) atoms. The first-order valence-electron chi connectivity index (χ1n) is 6.08. The standard InChI is InChI=1S/C14H21NO4/c1-14(2,3)19-8-7-18-12-9-10(15)5-6-11(12)13(16)17-4/h5-6,9H,7-8,15H2,1-4H3. The van der Waals surface area contributed by atoms with E-state index >= 15 is 0 Å². The van der Waals surface area contributed by atoms with Gasteiger partial charge in [0, 0.05) is 11.8 Å². The largest absolute Gasteiger partial charge is 0.490 e. The van der Waals surface area contributed by atoms with Gasteiger partial charge < -0.3 is 19.9 Å².